The smallest absolute Gasteiger partial charge is 0.123 e. The minimum absolute atomic E-state index is 0.178. The van der Waals surface area contributed by atoms with Crippen molar-refractivity contribution in [2.75, 3.05) is 6.54 Å². The van der Waals surface area contributed by atoms with Gasteiger partial charge < -0.3 is 0 Å². The van der Waals surface area contributed by atoms with Crippen molar-refractivity contribution in [3.63, 3.8) is 0 Å². The lowest BCUT2D eigenvalue weighted by molar-refractivity contribution is 0.627. The van der Waals surface area contributed by atoms with E-state index in [0.717, 1.165) is 24.2 Å². The fourth-order valence-corrected chi connectivity index (χ4v) is 1.75. The minimum atomic E-state index is -0.178. The van der Waals surface area contributed by atoms with Gasteiger partial charge in [0.05, 0.1) is 0 Å². The van der Waals surface area contributed by atoms with Gasteiger partial charge in [0.2, 0.25) is 0 Å². The predicted octanol–water partition coefficient (Wildman–Crippen LogP) is 3.19. The maximum absolute atomic E-state index is 12.7. The summed E-state index contributed by atoms with van der Waals surface area (Å²) in [5, 5.41) is 0. The number of hydrogen-bond donors (Lipinski definition) is 0. The normalized spacial score (nSPS) is 17.4. The number of nitrogens with zero attached hydrogens (tertiary/aromatic N) is 1. The quantitative estimate of drug-likeness (QED) is 0.646. The van der Waals surface area contributed by atoms with Gasteiger partial charge >= 0.3 is 0 Å². The molecule has 0 bridgehead atoms. The SMILES string of the molecule is Fc1ccc(C2=NCCCCC2)cc1. The zero-order valence-corrected chi connectivity index (χ0v) is 8.17. The van der Waals surface area contributed by atoms with Crippen molar-refractivity contribution < 1.29 is 4.39 Å². The van der Waals surface area contributed by atoms with Gasteiger partial charge in [0, 0.05) is 12.3 Å². The summed E-state index contributed by atoms with van der Waals surface area (Å²) in [4.78, 5) is 4.52. The largest absolute Gasteiger partial charge is 0.289 e. The molecule has 1 nitrogen and oxygen atoms in total. The van der Waals surface area contributed by atoms with Gasteiger partial charge in [-0.25, -0.2) is 4.39 Å². The van der Waals surface area contributed by atoms with Crippen LogP contribution in [0, 0.1) is 5.82 Å². The van der Waals surface area contributed by atoms with Crippen molar-refractivity contribution in [3.8, 4) is 0 Å². The van der Waals surface area contributed by atoms with E-state index in [9.17, 15) is 4.39 Å². The van der Waals surface area contributed by atoms with Crippen molar-refractivity contribution >= 4 is 5.71 Å². The number of halogens is 1. The average Bonchev–Trinajstić information content (AvgIpc) is 2.47. The Balaban J connectivity index is 2.20. The maximum atomic E-state index is 12.7. The molecule has 0 atom stereocenters. The van der Waals surface area contributed by atoms with Gasteiger partial charge in [0.1, 0.15) is 5.82 Å². The van der Waals surface area contributed by atoms with Crippen molar-refractivity contribution in [1.29, 1.82) is 0 Å². The zero-order valence-electron chi connectivity index (χ0n) is 8.17. The molecule has 0 N–H and O–H groups in total. The summed E-state index contributed by atoms with van der Waals surface area (Å²) in [6, 6.07) is 6.64. The highest BCUT2D eigenvalue weighted by atomic mass is 19.1. The van der Waals surface area contributed by atoms with E-state index in [-0.39, 0.29) is 5.82 Å². The van der Waals surface area contributed by atoms with E-state index in [1.54, 1.807) is 0 Å². The Labute approximate surface area is 83.7 Å². The van der Waals surface area contributed by atoms with E-state index in [1.165, 1.54) is 31.4 Å². The number of hydrogen-bond acceptors (Lipinski definition) is 1. The molecule has 1 heterocycles. The van der Waals surface area contributed by atoms with Gasteiger partial charge in [-0.15, -0.1) is 0 Å². The molecule has 0 spiro atoms. The second-order valence-electron chi connectivity index (χ2n) is 3.65. The fraction of sp³-hybridized carbons (Fsp3) is 0.417. The first-order chi connectivity index (χ1) is 6.86. The van der Waals surface area contributed by atoms with Crippen molar-refractivity contribution in [1.82, 2.24) is 0 Å². The van der Waals surface area contributed by atoms with Gasteiger partial charge in [-0.3, -0.25) is 4.99 Å². The molecule has 0 unspecified atom stereocenters. The average molecular weight is 191 g/mol. The standard InChI is InChI=1S/C12H14FN/c13-11-7-5-10(6-8-11)12-4-2-1-3-9-14-12/h5-8H,1-4,9H2. The van der Waals surface area contributed by atoms with Crippen molar-refractivity contribution in [3.05, 3.63) is 35.6 Å². The molecule has 1 aliphatic heterocycles. The zero-order chi connectivity index (χ0) is 9.80. The lowest BCUT2D eigenvalue weighted by atomic mass is 10.1. The first-order valence-electron chi connectivity index (χ1n) is 5.15. The molecule has 1 aromatic rings. The van der Waals surface area contributed by atoms with Crippen LogP contribution < -0.4 is 0 Å². The lowest BCUT2D eigenvalue weighted by Crippen LogP contribution is -2.00. The molecule has 2 heteroatoms. The van der Waals surface area contributed by atoms with Crippen LogP contribution in [0.15, 0.2) is 29.3 Å². The fourth-order valence-electron chi connectivity index (χ4n) is 1.75. The second-order valence-corrected chi connectivity index (χ2v) is 3.65. The van der Waals surface area contributed by atoms with Crippen LogP contribution in [0.2, 0.25) is 0 Å². The van der Waals surface area contributed by atoms with E-state index in [1.807, 2.05) is 12.1 Å². The van der Waals surface area contributed by atoms with E-state index >= 15 is 0 Å². The highest BCUT2D eigenvalue weighted by Gasteiger charge is 2.06. The van der Waals surface area contributed by atoms with Crippen LogP contribution in [-0.2, 0) is 0 Å². The van der Waals surface area contributed by atoms with Gasteiger partial charge in [-0.05, 0) is 37.0 Å². The molecule has 0 amide bonds. The molecule has 74 valence electrons. The summed E-state index contributed by atoms with van der Waals surface area (Å²) >= 11 is 0. The Kier molecular flexibility index (Phi) is 2.92. The van der Waals surface area contributed by atoms with E-state index < -0.39 is 0 Å². The van der Waals surface area contributed by atoms with Crippen molar-refractivity contribution in [2.45, 2.75) is 25.7 Å². The van der Waals surface area contributed by atoms with Crippen LogP contribution in [0.4, 0.5) is 4.39 Å². The second kappa shape index (κ2) is 4.36. The Bertz CT molecular complexity index is 327. The molecule has 0 saturated carbocycles. The summed E-state index contributed by atoms with van der Waals surface area (Å²) < 4.78 is 12.7. The van der Waals surface area contributed by atoms with Crippen LogP contribution in [0.3, 0.4) is 0 Å². The number of benzene rings is 1. The molecule has 0 radical (unpaired) electrons. The monoisotopic (exact) mass is 191 g/mol. The lowest BCUT2D eigenvalue weighted by Gasteiger charge is -2.03. The Morgan fingerprint density at radius 1 is 1.00 bits per heavy atom. The predicted molar refractivity (Wildman–Crippen MR) is 56.3 cm³/mol. The molecule has 2 rings (SSSR count). The van der Waals surface area contributed by atoms with E-state index in [0.29, 0.717) is 0 Å². The van der Waals surface area contributed by atoms with Crippen molar-refractivity contribution in [2.24, 2.45) is 4.99 Å². The Hall–Kier alpha value is -1.18. The molecule has 0 saturated heterocycles. The van der Waals surface area contributed by atoms with Crippen LogP contribution in [0.5, 0.6) is 0 Å². The van der Waals surface area contributed by atoms with Gasteiger partial charge in [-0.1, -0.05) is 18.6 Å². The highest BCUT2D eigenvalue weighted by molar-refractivity contribution is 6.00. The third-order valence-electron chi connectivity index (χ3n) is 2.55. The molecular weight excluding hydrogens is 177 g/mol. The molecule has 0 fully saturated rings. The minimum Gasteiger partial charge on any atom is -0.289 e. The van der Waals surface area contributed by atoms with E-state index in [4.69, 9.17) is 0 Å². The van der Waals surface area contributed by atoms with Crippen LogP contribution in [-0.4, -0.2) is 12.3 Å². The van der Waals surface area contributed by atoms with E-state index in [2.05, 4.69) is 4.99 Å². The first-order valence-corrected chi connectivity index (χ1v) is 5.15. The summed E-state index contributed by atoms with van der Waals surface area (Å²) in [6.45, 7) is 0.923. The van der Waals surface area contributed by atoms with Crippen LogP contribution >= 0.6 is 0 Å². The van der Waals surface area contributed by atoms with Crippen LogP contribution in [0.25, 0.3) is 0 Å². The van der Waals surface area contributed by atoms with Gasteiger partial charge in [-0.2, -0.15) is 0 Å². The number of aliphatic imine (C=N–C) groups is 1. The molecule has 0 aliphatic carbocycles. The third-order valence-corrected chi connectivity index (χ3v) is 2.55. The molecule has 1 aromatic carbocycles. The summed E-state index contributed by atoms with van der Waals surface area (Å²) in [5.41, 5.74) is 2.22. The third kappa shape index (κ3) is 2.19. The molecule has 14 heavy (non-hydrogen) atoms. The first kappa shape index (κ1) is 9.38. The highest BCUT2D eigenvalue weighted by Crippen LogP contribution is 2.14. The maximum Gasteiger partial charge on any atom is 0.123 e. The number of rotatable bonds is 1. The summed E-state index contributed by atoms with van der Waals surface area (Å²) in [7, 11) is 0. The Morgan fingerprint density at radius 3 is 2.57 bits per heavy atom. The molecule has 1 aliphatic rings. The van der Waals surface area contributed by atoms with Gasteiger partial charge in [0.25, 0.3) is 0 Å². The summed E-state index contributed by atoms with van der Waals surface area (Å²) in [5.74, 6) is -0.178. The van der Waals surface area contributed by atoms with Gasteiger partial charge in [0.15, 0.2) is 0 Å². The molecular formula is C12H14FN. The summed E-state index contributed by atoms with van der Waals surface area (Å²) in [6.07, 6.45) is 4.68. The Morgan fingerprint density at radius 2 is 1.79 bits per heavy atom. The topological polar surface area (TPSA) is 12.4 Å². The van der Waals surface area contributed by atoms with Crippen LogP contribution in [0.1, 0.15) is 31.2 Å². The molecule has 0 aromatic heterocycles.